The maximum absolute atomic E-state index is 12.5. The summed E-state index contributed by atoms with van der Waals surface area (Å²) in [4.78, 5) is 18.1. The van der Waals surface area contributed by atoms with Crippen LogP contribution in [-0.4, -0.2) is 27.6 Å². The molecule has 6 heteroatoms. The number of carbonyl (C=O) groups excluding carboxylic acids is 1. The van der Waals surface area contributed by atoms with Gasteiger partial charge in [-0.05, 0) is 48.3 Å². The highest BCUT2D eigenvalue weighted by molar-refractivity contribution is 5.87. The average molecular weight is 474 g/mol. The van der Waals surface area contributed by atoms with Crippen LogP contribution >= 0.6 is 0 Å². The Labute approximate surface area is 208 Å². The number of hydrogen-bond donors (Lipinski definition) is 0. The molecular formula is C29H35N3O3. The number of rotatable bonds is 9. The molecule has 184 valence electrons. The van der Waals surface area contributed by atoms with Crippen molar-refractivity contribution in [3.8, 4) is 0 Å². The van der Waals surface area contributed by atoms with Gasteiger partial charge in [-0.3, -0.25) is 4.79 Å². The molecule has 2 aromatic rings. The summed E-state index contributed by atoms with van der Waals surface area (Å²) in [7, 11) is 0. The monoisotopic (exact) mass is 473 g/mol. The molecule has 1 amide bonds. The number of hydrogen-bond acceptors (Lipinski definition) is 4. The van der Waals surface area contributed by atoms with Gasteiger partial charge in [0.15, 0.2) is 11.6 Å². The van der Waals surface area contributed by atoms with Gasteiger partial charge in [-0.1, -0.05) is 82.3 Å². The zero-order valence-corrected chi connectivity index (χ0v) is 20.9. The Bertz CT molecular complexity index is 1100. The molecule has 3 rings (SSSR count). The number of amides is 1. The van der Waals surface area contributed by atoms with Gasteiger partial charge in [0.2, 0.25) is 5.91 Å². The second-order valence-corrected chi connectivity index (χ2v) is 9.59. The van der Waals surface area contributed by atoms with E-state index >= 15 is 0 Å². The van der Waals surface area contributed by atoms with E-state index < -0.39 is 5.95 Å². The Hall–Kier alpha value is -3.59. The summed E-state index contributed by atoms with van der Waals surface area (Å²) in [5.41, 5.74) is 2.38. The summed E-state index contributed by atoms with van der Waals surface area (Å²) in [5.74, 6) is 2.98. The lowest BCUT2D eigenvalue weighted by Crippen LogP contribution is -2.35. The molecule has 0 spiro atoms. The summed E-state index contributed by atoms with van der Waals surface area (Å²) < 4.78 is 5.71. The van der Waals surface area contributed by atoms with Gasteiger partial charge < -0.3 is 14.7 Å². The van der Waals surface area contributed by atoms with Gasteiger partial charge in [-0.25, -0.2) is 0 Å². The smallest absolute Gasteiger partial charge is 0.376 e. The molecule has 0 unspecified atom stereocenters. The van der Waals surface area contributed by atoms with Crippen molar-refractivity contribution in [3.05, 3.63) is 84.3 Å². The zero-order chi connectivity index (χ0) is 25.2. The third-order valence-electron chi connectivity index (χ3n) is 6.57. The van der Waals surface area contributed by atoms with Crippen LogP contribution < -0.4 is 5.11 Å². The van der Waals surface area contributed by atoms with Crippen molar-refractivity contribution < 1.29 is 19.4 Å². The summed E-state index contributed by atoms with van der Waals surface area (Å²) in [6.07, 6.45) is 4.29. The first-order chi connectivity index (χ1) is 16.9. The molecule has 35 heavy (non-hydrogen) atoms. The lowest BCUT2D eigenvalue weighted by atomic mass is 9.75. The van der Waals surface area contributed by atoms with Crippen LogP contribution in [0.1, 0.15) is 51.2 Å². The summed E-state index contributed by atoms with van der Waals surface area (Å²) >= 11 is 0. The highest BCUT2D eigenvalue weighted by Gasteiger charge is 2.29. The Kier molecular flexibility index (Phi) is 9.48. The van der Waals surface area contributed by atoms with Crippen LogP contribution in [0.3, 0.4) is 0 Å². The molecule has 0 aliphatic heterocycles. The number of nitrogens with zero attached hydrogens (tertiary/aromatic N) is 3. The number of carbonyl (C=O) groups is 1. The Morgan fingerprint density at radius 1 is 1.20 bits per heavy atom. The summed E-state index contributed by atoms with van der Waals surface area (Å²) in [6.45, 7) is 10.9. The molecule has 0 heterocycles. The van der Waals surface area contributed by atoms with Crippen LogP contribution in [-0.2, 0) is 22.6 Å². The molecule has 1 aliphatic carbocycles. The predicted octanol–water partition coefficient (Wildman–Crippen LogP) is 5.04. The van der Waals surface area contributed by atoms with Crippen molar-refractivity contribution in [2.75, 3.05) is 0 Å². The highest BCUT2D eigenvalue weighted by atomic mass is 16.6. The van der Waals surface area contributed by atoms with E-state index in [0.29, 0.717) is 36.5 Å². The van der Waals surface area contributed by atoms with Crippen LogP contribution in [0, 0.1) is 17.8 Å². The molecule has 0 saturated heterocycles. The van der Waals surface area contributed by atoms with Crippen LogP contribution in [0.4, 0.5) is 5.69 Å². The molecule has 2 aromatic carbocycles. The average Bonchev–Trinajstić information content (AvgIpc) is 2.84. The second kappa shape index (κ2) is 12.8. The topological polar surface area (TPSA) is 79.1 Å². The van der Waals surface area contributed by atoms with E-state index in [9.17, 15) is 9.90 Å². The predicted molar refractivity (Wildman–Crippen MR) is 134 cm³/mol. The van der Waals surface area contributed by atoms with Gasteiger partial charge >= 0.3 is 5.87 Å². The fourth-order valence-corrected chi connectivity index (χ4v) is 4.63. The van der Waals surface area contributed by atoms with E-state index in [2.05, 4.69) is 43.1 Å². The van der Waals surface area contributed by atoms with Crippen molar-refractivity contribution >= 4 is 17.5 Å². The summed E-state index contributed by atoms with van der Waals surface area (Å²) in [5, 5.41) is 16.6. The Morgan fingerprint density at radius 3 is 2.63 bits per heavy atom. The fourth-order valence-electron chi connectivity index (χ4n) is 4.63. The van der Waals surface area contributed by atoms with Crippen LogP contribution in [0.25, 0.3) is 0 Å². The minimum atomic E-state index is -0.594. The lowest BCUT2D eigenvalue weighted by Gasteiger charge is -2.41. The van der Waals surface area contributed by atoms with Crippen molar-refractivity contribution in [1.29, 1.82) is 0 Å². The molecule has 0 bridgehead atoms. The van der Waals surface area contributed by atoms with E-state index in [-0.39, 0.29) is 12.0 Å². The molecule has 1 saturated carbocycles. The van der Waals surface area contributed by atoms with E-state index in [1.165, 1.54) is 6.08 Å². The first-order valence-corrected chi connectivity index (χ1v) is 12.3. The van der Waals surface area contributed by atoms with E-state index in [0.717, 1.165) is 30.4 Å². The van der Waals surface area contributed by atoms with Crippen LogP contribution in [0.15, 0.2) is 78.3 Å². The van der Waals surface area contributed by atoms with Gasteiger partial charge in [-0.2, -0.15) is 0 Å². The molecular weight excluding hydrogens is 438 g/mol. The largest absolute Gasteiger partial charge is 0.599 e. The van der Waals surface area contributed by atoms with Gasteiger partial charge in [-0.15, -0.1) is 0 Å². The Morgan fingerprint density at radius 2 is 1.91 bits per heavy atom. The lowest BCUT2D eigenvalue weighted by molar-refractivity contribution is -0.365. The molecule has 3 atom stereocenters. The van der Waals surface area contributed by atoms with Crippen molar-refractivity contribution in [2.45, 2.75) is 59.2 Å². The Balaban J connectivity index is 1.78. The van der Waals surface area contributed by atoms with Crippen molar-refractivity contribution in [3.63, 3.8) is 0 Å². The molecule has 1 aliphatic rings. The quantitative estimate of drug-likeness (QED) is 0.168. The standard InChI is InChI=1S/C29H35N3O3/c1-5-28(33)32(19-23-11-7-6-8-12-23)20-24-13-9-10-14-26(24)31-30-18-29(34)35-27-17-22(4)15-16-25(27)21(2)3/h5-14,21-22,25,27H,1,15-17,19-20H2,2-4H3/t22-,25+,27-/m1/s1. The van der Waals surface area contributed by atoms with Gasteiger partial charge in [0, 0.05) is 24.8 Å². The van der Waals surface area contributed by atoms with Crippen molar-refractivity contribution in [1.82, 2.24) is 4.90 Å². The zero-order valence-electron chi connectivity index (χ0n) is 20.9. The SMILES string of the molecule is C=CC(=O)N(Cc1ccccc1)Cc1ccccc1N=[N+]=C=C([O-])O[C@@H]1C[C@H](C)CC[C@H]1C(C)C. The molecule has 0 radical (unpaired) electrons. The van der Waals surface area contributed by atoms with Crippen LogP contribution in [0.2, 0.25) is 0 Å². The van der Waals surface area contributed by atoms with Crippen LogP contribution in [0.5, 0.6) is 0 Å². The van der Waals surface area contributed by atoms with Crippen molar-refractivity contribution in [2.24, 2.45) is 22.9 Å². The maximum atomic E-state index is 12.5. The van der Waals surface area contributed by atoms with E-state index in [4.69, 9.17) is 4.74 Å². The van der Waals surface area contributed by atoms with E-state index in [1.807, 2.05) is 48.5 Å². The highest BCUT2D eigenvalue weighted by Crippen LogP contribution is 2.35. The first kappa shape index (κ1) is 26.0. The molecule has 0 aromatic heterocycles. The summed E-state index contributed by atoms with van der Waals surface area (Å²) in [6, 6.07) is 17.2. The van der Waals surface area contributed by atoms with Gasteiger partial charge in [0.05, 0.1) is 0 Å². The second-order valence-electron chi connectivity index (χ2n) is 9.59. The molecule has 0 N–H and O–H groups in total. The molecule has 6 nitrogen and oxygen atoms in total. The molecule has 1 fully saturated rings. The van der Waals surface area contributed by atoms with Gasteiger partial charge in [0.25, 0.3) is 0 Å². The van der Waals surface area contributed by atoms with E-state index in [1.54, 1.807) is 11.0 Å². The number of benzene rings is 2. The normalized spacial score (nSPS) is 19.3. The first-order valence-electron chi connectivity index (χ1n) is 12.3. The number of ether oxygens (including phenoxy) is 1. The third kappa shape index (κ3) is 7.71. The minimum absolute atomic E-state index is 0.113. The third-order valence-corrected chi connectivity index (χ3v) is 6.57. The fraction of sp³-hybridized carbons (Fsp3) is 0.414. The van der Waals surface area contributed by atoms with Gasteiger partial charge in [0.1, 0.15) is 9.90 Å². The maximum Gasteiger partial charge on any atom is 0.376 e. The minimum Gasteiger partial charge on any atom is -0.599 e.